The number of anilines is 1. The molecular formula is C17H23N5O4. The first kappa shape index (κ1) is 18.1. The maximum Gasteiger partial charge on any atom is 0.319 e. The smallest absolute Gasteiger partial charge is 0.319 e. The lowest BCUT2D eigenvalue weighted by atomic mass is 9.85. The zero-order chi connectivity index (χ0) is 18.7. The molecule has 0 spiro atoms. The van der Waals surface area contributed by atoms with Crippen LogP contribution in [0.3, 0.4) is 0 Å². The van der Waals surface area contributed by atoms with E-state index >= 15 is 0 Å². The molecule has 1 aromatic rings. The minimum Gasteiger partial charge on any atom is -0.480 e. The van der Waals surface area contributed by atoms with Crippen LogP contribution in [0.25, 0.3) is 0 Å². The number of pyridine rings is 1. The van der Waals surface area contributed by atoms with Gasteiger partial charge >= 0.3 is 12.0 Å². The van der Waals surface area contributed by atoms with Crippen molar-refractivity contribution in [1.82, 2.24) is 15.2 Å². The predicted octanol–water partition coefficient (Wildman–Crippen LogP) is 0.630. The second-order valence-electron chi connectivity index (χ2n) is 6.98. The Balaban J connectivity index is 1.43. The molecule has 0 saturated heterocycles. The van der Waals surface area contributed by atoms with Gasteiger partial charge in [-0.2, -0.15) is 0 Å². The third-order valence-corrected chi connectivity index (χ3v) is 4.77. The molecule has 2 aliphatic carbocycles. The topological polar surface area (TPSA) is 138 Å². The lowest BCUT2D eigenvalue weighted by Crippen LogP contribution is -2.55. The lowest BCUT2D eigenvalue weighted by Gasteiger charge is -2.42. The van der Waals surface area contributed by atoms with Gasteiger partial charge in [-0.05, 0) is 43.7 Å². The highest BCUT2D eigenvalue weighted by Gasteiger charge is 2.37. The summed E-state index contributed by atoms with van der Waals surface area (Å²) in [5.74, 6) is -0.814. The normalized spacial score (nSPS) is 21.7. The summed E-state index contributed by atoms with van der Waals surface area (Å²) in [7, 11) is 0. The maximum absolute atomic E-state index is 12.0. The van der Waals surface area contributed by atoms with Gasteiger partial charge in [0.1, 0.15) is 5.69 Å². The van der Waals surface area contributed by atoms with Crippen molar-refractivity contribution in [3.05, 3.63) is 24.0 Å². The summed E-state index contributed by atoms with van der Waals surface area (Å²) in [5, 5.41) is 14.6. The summed E-state index contributed by atoms with van der Waals surface area (Å²) in [6.07, 6.45) is 5.21. The van der Waals surface area contributed by atoms with E-state index in [1.165, 1.54) is 25.1 Å². The average Bonchev–Trinajstić information content (AvgIpc) is 3.34. The number of carboxylic acid groups (broad SMARTS) is 1. The molecule has 3 rings (SSSR count). The molecule has 26 heavy (non-hydrogen) atoms. The Hall–Kier alpha value is -2.68. The monoisotopic (exact) mass is 361 g/mol. The zero-order valence-corrected chi connectivity index (χ0v) is 14.4. The molecule has 9 heteroatoms. The maximum atomic E-state index is 12.0. The number of aromatic nitrogens is 1. The Morgan fingerprint density at radius 2 is 2.00 bits per heavy atom. The van der Waals surface area contributed by atoms with E-state index < -0.39 is 11.9 Å². The molecule has 140 valence electrons. The summed E-state index contributed by atoms with van der Waals surface area (Å²) in [6.45, 7) is 0.881. The number of rotatable bonds is 8. The number of urea groups is 1. The molecule has 2 saturated carbocycles. The van der Waals surface area contributed by atoms with Gasteiger partial charge < -0.3 is 21.5 Å². The number of nitrogens with two attached hydrogens (primary N) is 1. The summed E-state index contributed by atoms with van der Waals surface area (Å²) in [6, 6.07) is 2.87. The summed E-state index contributed by atoms with van der Waals surface area (Å²) < 4.78 is 0. The van der Waals surface area contributed by atoms with Gasteiger partial charge in [0.15, 0.2) is 0 Å². The number of hydrogen-bond acceptors (Lipinski definition) is 5. The van der Waals surface area contributed by atoms with Crippen LogP contribution in [0.2, 0.25) is 0 Å². The molecule has 5 N–H and O–H groups in total. The van der Waals surface area contributed by atoms with Crippen molar-refractivity contribution in [2.24, 2.45) is 11.7 Å². The molecule has 9 nitrogen and oxygen atoms in total. The molecular weight excluding hydrogens is 338 g/mol. The van der Waals surface area contributed by atoms with Crippen LogP contribution in [0.4, 0.5) is 10.5 Å². The fourth-order valence-corrected chi connectivity index (χ4v) is 3.12. The van der Waals surface area contributed by atoms with Crippen LogP contribution in [-0.2, 0) is 4.79 Å². The third kappa shape index (κ3) is 4.92. The lowest BCUT2D eigenvalue weighted by molar-refractivity contribution is -0.139. The minimum absolute atomic E-state index is 0.0216. The van der Waals surface area contributed by atoms with Gasteiger partial charge in [0, 0.05) is 18.6 Å². The van der Waals surface area contributed by atoms with Crippen molar-refractivity contribution >= 4 is 23.6 Å². The van der Waals surface area contributed by atoms with Gasteiger partial charge in [0.25, 0.3) is 5.91 Å². The number of aliphatic carboxylic acids is 1. The van der Waals surface area contributed by atoms with Crippen molar-refractivity contribution in [3.63, 3.8) is 0 Å². The van der Waals surface area contributed by atoms with Gasteiger partial charge in [-0.25, -0.2) is 9.78 Å². The van der Waals surface area contributed by atoms with Crippen LogP contribution in [0.15, 0.2) is 18.3 Å². The molecule has 0 aliphatic heterocycles. The van der Waals surface area contributed by atoms with Crippen molar-refractivity contribution in [3.8, 4) is 0 Å². The first-order valence-corrected chi connectivity index (χ1v) is 8.70. The zero-order valence-electron chi connectivity index (χ0n) is 14.4. The van der Waals surface area contributed by atoms with E-state index in [4.69, 9.17) is 10.8 Å². The molecule has 1 heterocycles. The second kappa shape index (κ2) is 7.69. The first-order valence-electron chi connectivity index (χ1n) is 8.70. The van der Waals surface area contributed by atoms with Crippen molar-refractivity contribution < 1.29 is 19.5 Å². The van der Waals surface area contributed by atoms with Crippen LogP contribution in [0, 0.1) is 5.92 Å². The standard InChI is InChI=1S/C17H23N5O4/c18-16(25)14-4-3-11(7-19-14)20-17(26)21-12-5-13(6-12)22(9-15(23)24)8-10-1-2-10/h3-4,7,10,12-13H,1-2,5-6,8-9H2,(H2,18,25)(H,23,24)(H2,20,21,26). The van der Waals surface area contributed by atoms with Crippen LogP contribution in [0.5, 0.6) is 0 Å². The number of amides is 3. The Morgan fingerprint density at radius 3 is 2.54 bits per heavy atom. The number of nitrogens with one attached hydrogen (secondary N) is 2. The van der Waals surface area contributed by atoms with Crippen LogP contribution >= 0.6 is 0 Å². The van der Waals surface area contributed by atoms with E-state index in [0.29, 0.717) is 11.6 Å². The Bertz CT molecular complexity index is 683. The molecule has 1 aromatic heterocycles. The van der Waals surface area contributed by atoms with Gasteiger partial charge in [0.05, 0.1) is 18.4 Å². The largest absolute Gasteiger partial charge is 0.480 e. The quantitative estimate of drug-likeness (QED) is 0.536. The van der Waals surface area contributed by atoms with E-state index in [1.54, 1.807) is 6.07 Å². The molecule has 0 bridgehead atoms. The number of hydrogen-bond donors (Lipinski definition) is 4. The highest BCUT2D eigenvalue weighted by molar-refractivity contribution is 5.92. The number of nitrogens with zero attached hydrogens (tertiary/aromatic N) is 2. The van der Waals surface area contributed by atoms with Crippen LogP contribution < -0.4 is 16.4 Å². The van der Waals surface area contributed by atoms with E-state index in [1.807, 2.05) is 4.90 Å². The SMILES string of the molecule is NC(=O)c1ccc(NC(=O)NC2CC(N(CC(=O)O)CC3CC3)C2)cn1. The van der Waals surface area contributed by atoms with Gasteiger partial charge in [0.2, 0.25) is 0 Å². The third-order valence-electron chi connectivity index (χ3n) is 4.77. The van der Waals surface area contributed by atoms with Crippen molar-refractivity contribution in [2.75, 3.05) is 18.4 Å². The average molecular weight is 361 g/mol. The number of carboxylic acids is 1. The second-order valence-corrected chi connectivity index (χ2v) is 6.98. The number of carbonyl (C=O) groups excluding carboxylic acids is 2. The fraction of sp³-hybridized carbons (Fsp3) is 0.529. The molecule has 0 radical (unpaired) electrons. The summed E-state index contributed by atoms with van der Waals surface area (Å²) in [4.78, 5) is 39.9. The van der Waals surface area contributed by atoms with Crippen molar-refractivity contribution in [2.45, 2.75) is 37.8 Å². The Kier molecular flexibility index (Phi) is 5.36. The Morgan fingerprint density at radius 1 is 1.27 bits per heavy atom. The molecule has 3 amide bonds. The first-order chi connectivity index (χ1) is 12.4. The summed E-state index contributed by atoms with van der Waals surface area (Å²) >= 11 is 0. The summed E-state index contributed by atoms with van der Waals surface area (Å²) in [5.41, 5.74) is 5.71. The predicted molar refractivity (Wildman–Crippen MR) is 93.7 cm³/mol. The highest BCUT2D eigenvalue weighted by atomic mass is 16.4. The highest BCUT2D eigenvalue weighted by Crippen LogP contribution is 2.33. The number of carbonyl (C=O) groups is 3. The molecule has 0 unspecified atom stereocenters. The minimum atomic E-state index is -0.813. The Labute approximate surface area is 150 Å². The van der Waals surface area contributed by atoms with Crippen LogP contribution in [-0.4, -0.2) is 58.1 Å². The molecule has 2 aliphatic rings. The van der Waals surface area contributed by atoms with Crippen molar-refractivity contribution in [1.29, 1.82) is 0 Å². The van der Waals surface area contributed by atoms with Crippen LogP contribution in [0.1, 0.15) is 36.2 Å². The van der Waals surface area contributed by atoms with Gasteiger partial charge in [-0.1, -0.05) is 0 Å². The van der Waals surface area contributed by atoms with Gasteiger partial charge in [-0.3, -0.25) is 14.5 Å². The molecule has 2 fully saturated rings. The number of primary amides is 1. The molecule has 0 aromatic carbocycles. The fourth-order valence-electron chi connectivity index (χ4n) is 3.12. The van der Waals surface area contributed by atoms with E-state index in [-0.39, 0.29) is 30.4 Å². The van der Waals surface area contributed by atoms with Gasteiger partial charge in [-0.15, -0.1) is 0 Å². The van der Waals surface area contributed by atoms with E-state index in [2.05, 4.69) is 15.6 Å². The van der Waals surface area contributed by atoms with E-state index in [0.717, 1.165) is 19.4 Å². The van der Waals surface area contributed by atoms with E-state index in [9.17, 15) is 14.4 Å². The molecule has 0 atom stereocenters.